The highest BCUT2D eigenvalue weighted by atomic mass is 79.9. The lowest BCUT2D eigenvalue weighted by Gasteiger charge is -2.35. The van der Waals surface area contributed by atoms with Gasteiger partial charge in [-0.25, -0.2) is 0 Å². The van der Waals surface area contributed by atoms with Gasteiger partial charge in [-0.1, -0.05) is 12.1 Å². The van der Waals surface area contributed by atoms with Crippen molar-refractivity contribution >= 4 is 21.8 Å². The van der Waals surface area contributed by atoms with Crippen LogP contribution >= 0.6 is 15.9 Å². The first-order valence-electron chi connectivity index (χ1n) is 8.36. The Morgan fingerprint density at radius 3 is 2.44 bits per heavy atom. The molecule has 1 aromatic heterocycles. The number of benzene rings is 1. The van der Waals surface area contributed by atoms with Crippen LogP contribution in [0.5, 0.6) is 0 Å². The summed E-state index contributed by atoms with van der Waals surface area (Å²) in [5.41, 5.74) is 0.382. The summed E-state index contributed by atoms with van der Waals surface area (Å²) in [5.74, 6) is -0.311. The molecule has 146 valence electrons. The second-order valence-electron chi connectivity index (χ2n) is 6.13. The molecule has 2 aromatic rings. The normalized spacial score (nSPS) is 16.9. The van der Waals surface area contributed by atoms with Crippen molar-refractivity contribution in [1.29, 1.82) is 0 Å². The minimum Gasteiger partial charge on any atom is -0.457 e. The lowest BCUT2D eigenvalue weighted by Crippen LogP contribution is -2.43. The van der Waals surface area contributed by atoms with Crippen molar-refractivity contribution in [2.45, 2.75) is 12.2 Å². The van der Waals surface area contributed by atoms with E-state index >= 15 is 0 Å². The third-order valence-electron chi connectivity index (χ3n) is 4.39. The zero-order valence-electron chi connectivity index (χ0n) is 14.3. The van der Waals surface area contributed by atoms with E-state index in [0.717, 1.165) is 12.1 Å². The number of morpholine rings is 1. The standard InChI is InChI=1S/C18H18BrF3N2O3/c19-16-9-13(11-27-16)17(25)23-10-15(24-5-7-26-8-6-24)12-1-3-14(4-2-12)18(20,21)22/h1-4,9,11,15H,5-8,10H2,(H,23,25). The van der Waals surface area contributed by atoms with E-state index in [4.69, 9.17) is 9.15 Å². The van der Waals surface area contributed by atoms with Gasteiger partial charge in [0.1, 0.15) is 6.26 Å². The molecule has 1 aliphatic rings. The van der Waals surface area contributed by atoms with Crippen LogP contribution in [0.2, 0.25) is 0 Å². The molecule has 1 saturated heterocycles. The summed E-state index contributed by atoms with van der Waals surface area (Å²) in [4.78, 5) is 14.4. The molecule has 1 atom stereocenters. The molecule has 0 spiro atoms. The van der Waals surface area contributed by atoms with Gasteiger partial charge in [-0.3, -0.25) is 9.69 Å². The number of hydrogen-bond acceptors (Lipinski definition) is 4. The molecule has 0 radical (unpaired) electrons. The molecule has 1 fully saturated rings. The number of carbonyl (C=O) groups excluding carboxylic acids is 1. The number of rotatable bonds is 5. The van der Waals surface area contributed by atoms with E-state index in [1.165, 1.54) is 18.4 Å². The first-order chi connectivity index (χ1) is 12.8. The van der Waals surface area contributed by atoms with Crippen LogP contribution < -0.4 is 5.32 Å². The summed E-state index contributed by atoms with van der Waals surface area (Å²) in [7, 11) is 0. The zero-order chi connectivity index (χ0) is 19.4. The highest BCUT2D eigenvalue weighted by Gasteiger charge is 2.31. The maximum Gasteiger partial charge on any atom is 0.416 e. The maximum atomic E-state index is 12.8. The Morgan fingerprint density at radius 1 is 1.22 bits per heavy atom. The average Bonchev–Trinajstić information content (AvgIpc) is 3.09. The molecule has 0 bridgehead atoms. The van der Waals surface area contributed by atoms with E-state index in [0.29, 0.717) is 42.1 Å². The Morgan fingerprint density at radius 2 is 1.89 bits per heavy atom. The number of hydrogen-bond donors (Lipinski definition) is 1. The fourth-order valence-electron chi connectivity index (χ4n) is 2.96. The van der Waals surface area contributed by atoms with Gasteiger partial charge in [0.15, 0.2) is 4.67 Å². The van der Waals surface area contributed by atoms with E-state index in [-0.39, 0.29) is 18.5 Å². The van der Waals surface area contributed by atoms with Crippen molar-refractivity contribution in [1.82, 2.24) is 10.2 Å². The van der Waals surface area contributed by atoms with Crippen molar-refractivity contribution in [2.24, 2.45) is 0 Å². The van der Waals surface area contributed by atoms with Crippen LogP contribution in [0, 0.1) is 0 Å². The van der Waals surface area contributed by atoms with E-state index in [1.54, 1.807) is 6.07 Å². The van der Waals surface area contributed by atoms with E-state index in [9.17, 15) is 18.0 Å². The Bertz CT molecular complexity index is 771. The Hall–Kier alpha value is -1.84. The summed E-state index contributed by atoms with van der Waals surface area (Å²) in [6.07, 6.45) is -3.04. The number of furan rings is 1. The van der Waals surface area contributed by atoms with E-state index in [2.05, 4.69) is 26.1 Å². The van der Waals surface area contributed by atoms with E-state index in [1.807, 2.05) is 0 Å². The van der Waals surface area contributed by atoms with Crippen molar-refractivity contribution < 1.29 is 27.1 Å². The first-order valence-corrected chi connectivity index (χ1v) is 9.15. The van der Waals surface area contributed by atoms with Gasteiger partial charge in [0.25, 0.3) is 5.91 Å². The van der Waals surface area contributed by atoms with Crippen LogP contribution in [0.4, 0.5) is 13.2 Å². The first kappa shape index (κ1) is 19.9. The predicted octanol–water partition coefficient (Wildman–Crippen LogP) is 3.86. The number of nitrogens with zero attached hydrogens (tertiary/aromatic N) is 1. The topological polar surface area (TPSA) is 54.7 Å². The van der Waals surface area contributed by atoms with Crippen LogP contribution in [-0.4, -0.2) is 43.7 Å². The number of ether oxygens (including phenoxy) is 1. The quantitative estimate of drug-likeness (QED) is 0.757. The highest BCUT2D eigenvalue weighted by Crippen LogP contribution is 2.31. The minimum atomic E-state index is -4.38. The molecule has 1 amide bonds. The third-order valence-corrected chi connectivity index (χ3v) is 4.81. The smallest absolute Gasteiger partial charge is 0.416 e. The Kier molecular flexibility index (Phi) is 6.23. The zero-order valence-corrected chi connectivity index (χ0v) is 15.8. The van der Waals surface area contributed by atoms with Gasteiger partial charge in [-0.05, 0) is 33.6 Å². The molecule has 1 N–H and O–H groups in total. The number of halogens is 4. The molecule has 0 saturated carbocycles. The fourth-order valence-corrected chi connectivity index (χ4v) is 3.30. The maximum absolute atomic E-state index is 12.8. The van der Waals surface area contributed by atoms with Crippen LogP contribution in [0.25, 0.3) is 0 Å². The molecule has 1 aliphatic heterocycles. The highest BCUT2D eigenvalue weighted by molar-refractivity contribution is 9.10. The summed E-state index contributed by atoms with van der Waals surface area (Å²) < 4.78 is 49.3. The predicted molar refractivity (Wildman–Crippen MR) is 95.3 cm³/mol. The van der Waals surface area contributed by atoms with Crippen LogP contribution in [0.1, 0.15) is 27.5 Å². The number of alkyl halides is 3. The molecular weight excluding hydrogens is 429 g/mol. The summed E-state index contributed by atoms with van der Waals surface area (Å²) in [6.45, 7) is 2.62. The molecule has 9 heteroatoms. The van der Waals surface area contributed by atoms with Crippen molar-refractivity contribution in [3.8, 4) is 0 Å². The molecule has 3 rings (SSSR count). The largest absolute Gasteiger partial charge is 0.457 e. The SMILES string of the molecule is O=C(NCC(c1ccc(C(F)(F)F)cc1)N1CCOCC1)c1coc(Br)c1. The molecule has 1 unspecified atom stereocenters. The van der Waals surface area contributed by atoms with Crippen molar-refractivity contribution in [3.63, 3.8) is 0 Å². The lowest BCUT2D eigenvalue weighted by molar-refractivity contribution is -0.137. The van der Waals surface area contributed by atoms with Gasteiger partial charge in [-0.2, -0.15) is 13.2 Å². The summed E-state index contributed by atoms with van der Waals surface area (Å²) in [6, 6.07) is 6.36. The Labute approximate surface area is 162 Å². The molecular formula is C18H18BrF3N2O3. The average molecular weight is 447 g/mol. The monoisotopic (exact) mass is 446 g/mol. The third kappa shape index (κ3) is 5.12. The second kappa shape index (κ2) is 8.45. The van der Waals surface area contributed by atoms with Crippen LogP contribution in [0.3, 0.4) is 0 Å². The van der Waals surface area contributed by atoms with Crippen molar-refractivity contribution in [2.75, 3.05) is 32.8 Å². The van der Waals surface area contributed by atoms with Gasteiger partial charge in [-0.15, -0.1) is 0 Å². The van der Waals surface area contributed by atoms with Gasteiger partial charge >= 0.3 is 6.18 Å². The Balaban J connectivity index is 1.75. The molecule has 2 heterocycles. The fraction of sp³-hybridized carbons (Fsp3) is 0.389. The summed E-state index contributed by atoms with van der Waals surface area (Å²) >= 11 is 3.14. The lowest BCUT2D eigenvalue weighted by atomic mass is 10.0. The number of amides is 1. The van der Waals surface area contributed by atoms with Crippen LogP contribution in [0.15, 0.2) is 45.7 Å². The second-order valence-corrected chi connectivity index (χ2v) is 6.92. The summed E-state index contributed by atoms with van der Waals surface area (Å²) in [5, 5.41) is 2.83. The molecule has 5 nitrogen and oxygen atoms in total. The molecule has 0 aliphatic carbocycles. The van der Waals surface area contributed by atoms with Gasteiger partial charge < -0.3 is 14.5 Å². The van der Waals surface area contributed by atoms with Gasteiger partial charge in [0, 0.05) is 25.7 Å². The van der Waals surface area contributed by atoms with E-state index < -0.39 is 11.7 Å². The van der Waals surface area contributed by atoms with Gasteiger partial charge in [0.2, 0.25) is 0 Å². The number of carbonyl (C=O) groups is 1. The van der Waals surface area contributed by atoms with Crippen LogP contribution in [-0.2, 0) is 10.9 Å². The van der Waals surface area contributed by atoms with Crippen molar-refractivity contribution in [3.05, 3.63) is 58.0 Å². The minimum absolute atomic E-state index is 0.254. The molecule has 1 aromatic carbocycles. The molecule has 27 heavy (non-hydrogen) atoms. The number of nitrogens with one attached hydrogen (secondary N) is 1. The van der Waals surface area contributed by atoms with Gasteiger partial charge in [0.05, 0.1) is 30.4 Å².